The molecule has 0 N–H and O–H groups in total. The van der Waals surface area contributed by atoms with Gasteiger partial charge >= 0.3 is 0 Å². The van der Waals surface area contributed by atoms with Gasteiger partial charge in [-0.15, -0.1) is 0 Å². The van der Waals surface area contributed by atoms with Crippen LogP contribution in [-0.4, -0.2) is 32.2 Å². The number of carbonyl (C=O) groups is 2. The van der Waals surface area contributed by atoms with Gasteiger partial charge in [0.1, 0.15) is 11.6 Å². The van der Waals surface area contributed by atoms with Crippen LogP contribution in [0.3, 0.4) is 0 Å². The predicted octanol–water partition coefficient (Wildman–Crippen LogP) is 9.71. The first kappa shape index (κ1) is 29.7. The van der Waals surface area contributed by atoms with E-state index in [0.717, 1.165) is 0 Å². The Labute approximate surface area is 254 Å². The van der Waals surface area contributed by atoms with E-state index in [1.165, 1.54) is 43.3 Å². The maximum Gasteiger partial charge on any atom is 0.134 e. The number of hydrogen-bond donors (Lipinski definition) is 0. The Morgan fingerprint density at radius 2 is 0.762 bits per heavy atom. The lowest BCUT2D eigenvalue weighted by Gasteiger charge is -2.51. The van der Waals surface area contributed by atoms with Gasteiger partial charge in [0.25, 0.3) is 0 Å². The fraction of sp³-hybridized carbons (Fsp3) is 0.421. The highest BCUT2D eigenvalue weighted by Gasteiger charge is 2.50. The highest BCUT2D eigenvalue weighted by molar-refractivity contribution is 7.70. The van der Waals surface area contributed by atoms with Crippen LogP contribution < -0.4 is 10.6 Å². The normalized spacial score (nSPS) is 22.1. The molecule has 4 aromatic rings. The first-order valence-electron chi connectivity index (χ1n) is 15.3. The van der Waals surface area contributed by atoms with Crippen molar-refractivity contribution in [2.24, 2.45) is 0 Å². The molecule has 4 heteroatoms. The standard InChI is InChI=1S/C38H44O2P2/c1-35(2)21-27(39)22-36(3,4)41(35)31-19-17-25-13-9-11-15-29(25)33(31)34-30-16-12-10-14-26(30)18-20-32(34)42-37(5,6)23-28(40)24-38(42,7)8/h9-20H,21-24H2,1-8H3. The molecule has 42 heavy (non-hydrogen) atoms. The Hall–Kier alpha value is -2.40. The number of hydrogen-bond acceptors (Lipinski definition) is 2. The number of fused-ring (bicyclic) bond motifs is 2. The van der Waals surface area contributed by atoms with E-state index in [2.05, 4.69) is 128 Å². The third kappa shape index (κ3) is 4.88. The summed E-state index contributed by atoms with van der Waals surface area (Å²) in [6.45, 7) is 18.6. The monoisotopic (exact) mass is 594 g/mol. The molecule has 0 aliphatic carbocycles. The van der Waals surface area contributed by atoms with Crippen LogP contribution in [0.4, 0.5) is 0 Å². The topological polar surface area (TPSA) is 34.1 Å². The minimum atomic E-state index is -0.705. The van der Waals surface area contributed by atoms with Crippen LogP contribution >= 0.6 is 15.8 Å². The second-order valence-electron chi connectivity index (χ2n) is 15.1. The van der Waals surface area contributed by atoms with E-state index in [-0.39, 0.29) is 20.6 Å². The molecule has 0 radical (unpaired) electrons. The zero-order valence-electron chi connectivity index (χ0n) is 26.5. The van der Waals surface area contributed by atoms with Gasteiger partial charge in [-0.2, -0.15) is 0 Å². The smallest absolute Gasteiger partial charge is 0.134 e. The maximum absolute atomic E-state index is 13.0. The molecule has 2 fully saturated rings. The van der Waals surface area contributed by atoms with Crippen molar-refractivity contribution >= 4 is 59.6 Å². The molecule has 0 saturated carbocycles. The van der Waals surface area contributed by atoms with E-state index in [9.17, 15) is 9.59 Å². The lowest BCUT2D eigenvalue weighted by Crippen LogP contribution is -2.44. The first-order chi connectivity index (χ1) is 19.6. The van der Waals surface area contributed by atoms with Crippen molar-refractivity contribution in [2.75, 3.05) is 0 Å². The van der Waals surface area contributed by atoms with Crippen molar-refractivity contribution in [3.05, 3.63) is 72.8 Å². The summed E-state index contributed by atoms with van der Waals surface area (Å²) in [6, 6.07) is 27.1. The molecule has 0 spiro atoms. The summed E-state index contributed by atoms with van der Waals surface area (Å²) in [6.07, 6.45) is 2.52. The minimum absolute atomic E-state index is 0.114. The lowest BCUT2D eigenvalue weighted by molar-refractivity contribution is -0.121. The van der Waals surface area contributed by atoms with Gasteiger partial charge < -0.3 is 0 Å². The second-order valence-corrected chi connectivity index (χ2v) is 22.2. The maximum atomic E-state index is 13.0. The number of carbonyl (C=O) groups excluding carboxylic acids is 2. The van der Waals surface area contributed by atoms with Gasteiger partial charge in [0.05, 0.1) is 0 Å². The zero-order valence-corrected chi connectivity index (χ0v) is 28.3. The van der Waals surface area contributed by atoms with Crippen molar-refractivity contribution in [1.82, 2.24) is 0 Å². The zero-order chi connectivity index (χ0) is 30.2. The molecule has 2 aliphatic rings. The molecular formula is C38H44O2P2. The Morgan fingerprint density at radius 1 is 0.452 bits per heavy atom. The lowest BCUT2D eigenvalue weighted by atomic mass is 9.93. The second kappa shape index (κ2) is 10.1. The highest BCUT2D eigenvalue weighted by Crippen LogP contribution is 2.68. The van der Waals surface area contributed by atoms with Crippen LogP contribution in [0.5, 0.6) is 0 Å². The SMILES string of the molecule is CC1(C)CC(=O)CC(C)(C)P1c1ccc2ccccc2c1-c1c(P2C(C)(C)CC(=O)CC2(C)C)ccc2ccccc12. The van der Waals surface area contributed by atoms with Crippen molar-refractivity contribution < 1.29 is 9.59 Å². The summed E-state index contributed by atoms with van der Waals surface area (Å²) in [5.41, 5.74) is 2.71. The largest absolute Gasteiger partial charge is 0.300 e. The average Bonchev–Trinajstić information content (AvgIpc) is 2.85. The van der Waals surface area contributed by atoms with E-state index in [0.29, 0.717) is 37.2 Å². The van der Waals surface area contributed by atoms with Crippen LogP contribution in [0.15, 0.2) is 72.8 Å². The van der Waals surface area contributed by atoms with E-state index in [1.807, 2.05) is 0 Å². The van der Waals surface area contributed by atoms with Gasteiger partial charge in [-0.25, -0.2) is 0 Å². The number of benzene rings is 4. The van der Waals surface area contributed by atoms with E-state index in [1.54, 1.807) is 0 Å². The molecule has 2 nitrogen and oxygen atoms in total. The summed E-state index contributed by atoms with van der Waals surface area (Å²) >= 11 is 0. The Bertz CT molecular complexity index is 1570. The summed E-state index contributed by atoms with van der Waals surface area (Å²) in [7, 11) is -1.41. The van der Waals surface area contributed by atoms with E-state index in [4.69, 9.17) is 0 Å². The highest BCUT2D eigenvalue weighted by atomic mass is 31.1. The van der Waals surface area contributed by atoms with Gasteiger partial charge in [0, 0.05) is 25.7 Å². The van der Waals surface area contributed by atoms with Crippen molar-refractivity contribution in [3.8, 4) is 11.1 Å². The third-order valence-electron chi connectivity index (χ3n) is 9.49. The van der Waals surface area contributed by atoms with Crippen LogP contribution in [0.2, 0.25) is 0 Å². The Balaban J connectivity index is 1.77. The molecule has 0 atom stereocenters. The summed E-state index contributed by atoms with van der Waals surface area (Å²) < 4.78 is 0. The van der Waals surface area contributed by atoms with Gasteiger partial charge in [-0.1, -0.05) is 144 Å². The molecule has 2 saturated heterocycles. The third-order valence-corrected chi connectivity index (χ3v) is 16.7. The summed E-state index contributed by atoms with van der Waals surface area (Å²) in [4.78, 5) is 26.1. The van der Waals surface area contributed by atoms with Gasteiger partial charge in [0.2, 0.25) is 0 Å². The quantitative estimate of drug-likeness (QED) is 0.221. The van der Waals surface area contributed by atoms with Crippen LogP contribution in [0, 0.1) is 0 Å². The predicted molar refractivity (Wildman–Crippen MR) is 185 cm³/mol. The average molecular weight is 595 g/mol. The number of Topliss-reactive ketones (excluding diaryl/α,β-unsaturated/α-hetero) is 2. The van der Waals surface area contributed by atoms with E-state index >= 15 is 0 Å². The molecule has 0 aromatic heterocycles. The van der Waals surface area contributed by atoms with Crippen molar-refractivity contribution in [3.63, 3.8) is 0 Å². The van der Waals surface area contributed by atoms with Crippen molar-refractivity contribution in [1.29, 1.82) is 0 Å². The molecule has 0 bridgehead atoms. The Kier molecular flexibility index (Phi) is 7.11. The van der Waals surface area contributed by atoms with Gasteiger partial charge in [-0.3, -0.25) is 9.59 Å². The van der Waals surface area contributed by atoms with Crippen LogP contribution in [0.1, 0.15) is 81.1 Å². The molecular weight excluding hydrogens is 550 g/mol. The molecule has 4 aromatic carbocycles. The molecule has 6 rings (SSSR count). The fourth-order valence-corrected chi connectivity index (χ4v) is 17.3. The van der Waals surface area contributed by atoms with Gasteiger partial charge in [0.15, 0.2) is 0 Å². The molecule has 218 valence electrons. The Morgan fingerprint density at radius 3 is 1.10 bits per heavy atom. The number of ketones is 2. The first-order valence-corrected chi connectivity index (χ1v) is 18.0. The minimum Gasteiger partial charge on any atom is -0.300 e. The van der Waals surface area contributed by atoms with Crippen molar-refractivity contribution in [2.45, 2.75) is 102 Å². The fourth-order valence-electron chi connectivity index (χ4n) is 8.73. The molecule has 2 heterocycles. The summed E-state index contributed by atoms with van der Waals surface area (Å²) in [5.74, 6) is 0.770. The number of rotatable bonds is 3. The molecule has 2 aliphatic heterocycles. The molecule has 0 amide bonds. The van der Waals surface area contributed by atoms with Crippen LogP contribution in [0.25, 0.3) is 32.7 Å². The summed E-state index contributed by atoms with van der Waals surface area (Å²) in [5, 5.41) is 7.46. The molecule has 0 unspecified atom stereocenters. The van der Waals surface area contributed by atoms with Crippen LogP contribution in [-0.2, 0) is 9.59 Å². The van der Waals surface area contributed by atoms with E-state index < -0.39 is 15.8 Å². The van der Waals surface area contributed by atoms with Gasteiger partial charge in [-0.05, 0) is 63.9 Å².